The second-order valence-electron chi connectivity index (χ2n) is 7.02. The number of carbonyl (C=O) groups excluding carboxylic acids is 1. The van der Waals surface area contributed by atoms with Gasteiger partial charge in [0.15, 0.2) is 0 Å². The first-order chi connectivity index (χ1) is 12.5. The van der Waals surface area contributed by atoms with Crippen LogP contribution in [0.3, 0.4) is 0 Å². The Hall–Kier alpha value is -0.770. The summed E-state index contributed by atoms with van der Waals surface area (Å²) in [6.45, 7) is 11.1. The second-order valence-corrected chi connectivity index (χ2v) is 7.02. The highest BCUT2D eigenvalue weighted by atomic mass is 16.6. The van der Waals surface area contributed by atoms with Gasteiger partial charge in [-0.15, -0.1) is 0 Å². The molecule has 1 fully saturated rings. The molecule has 0 spiro atoms. The monoisotopic (exact) mass is 377 g/mol. The molecular weight excluding hydrogens is 342 g/mol. The molecular formula is C18H35NO7. The van der Waals surface area contributed by atoms with E-state index in [1.807, 2.05) is 20.8 Å². The molecule has 26 heavy (non-hydrogen) atoms. The molecule has 0 aliphatic carbocycles. The van der Waals surface area contributed by atoms with Crippen molar-refractivity contribution in [3.05, 3.63) is 0 Å². The Balaban J connectivity index is 2.37. The Bertz CT molecular complexity index is 342. The predicted octanol–water partition coefficient (Wildman–Crippen LogP) is 0.773. The Morgan fingerprint density at radius 1 is 0.769 bits per heavy atom. The lowest BCUT2D eigenvalue weighted by Gasteiger charge is -2.23. The summed E-state index contributed by atoms with van der Waals surface area (Å²) in [6, 6.07) is 0. The summed E-state index contributed by atoms with van der Waals surface area (Å²) in [5, 5.41) is 2.94. The van der Waals surface area contributed by atoms with Crippen molar-refractivity contribution in [2.45, 2.75) is 38.8 Å². The summed E-state index contributed by atoms with van der Waals surface area (Å²) < 4.78 is 33.0. The summed E-state index contributed by atoms with van der Waals surface area (Å²) in [4.78, 5) is 12.1. The lowest BCUT2D eigenvalue weighted by molar-refractivity contribution is -0.128. The zero-order chi connectivity index (χ0) is 19.1. The molecule has 8 heteroatoms. The van der Waals surface area contributed by atoms with Gasteiger partial charge in [-0.1, -0.05) is 0 Å². The number of amides is 1. The molecule has 0 aromatic rings. The number of nitrogens with one attached hydrogen (secondary N) is 1. The van der Waals surface area contributed by atoms with E-state index >= 15 is 0 Å². The Morgan fingerprint density at radius 2 is 1.19 bits per heavy atom. The highest BCUT2D eigenvalue weighted by Crippen LogP contribution is 2.05. The highest BCUT2D eigenvalue weighted by molar-refractivity contribution is 5.77. The topological polar surface area (TPSA) is 84.5 Å². The minimum absolute atomic E-state index is 0.0593. The van der Waals surface area contributed by atoms with Gasteiger partial charge < -0.3 is 33.7 Å². The van der Waals surface area contributed by atoms with Gasteiger partial charge in [-0.2, -0.15) is 0 Å². The number of carbonyl (C=O) groups is 1. The Kier molecular flexibility index (Phi) is 12.8. The molecule has 1 saturated heterocycles. The van der Waals surface area contributed by atoms with Crippen LogP contribution in [0.2, 0.25) is 0 Å². The minimum atomic E-state index is -0.320. The van der Waals surface area contributed by atoms with Gasteiger partial charge >= 0.3 is 0 Å². The third-order valence-corrected chi connectivity index (χ3v) is 3.30. The highest BCUT2D eigenvalue weighted by Gasteiger charge is 2.19. The van der Waals surface area contributed by atoms with Crippen LogP contribution in [0, 0.1) is 0 Å². The quantitative estimate of drug-likeness (QED) is 0.761. The van der Waals surface area contributed by atoms with E-state index in [2.05, 4.69) is 5.32 Å². The number of ether oxygens (including phenoxy) is 6. The minimum Gasteiger partial charge on any atom is -0.377 e. The van der Waals surface area contributed by atoms with Gasteiger partial charge in [0.1, 0.15) is 0 Å². The average molecular weight is 377 g/mol. The third-order valence-electron chi connectivity index (χ3n) is 3.30. The second kappa shape index (κ2) is 14.3. The zero-order valence-corrected chi connectivity index (χ0v) is 16.4. The molecule has 1 aliphatic rings. The summed E-state index contributed by atoms with van der Waals surface area (Å²) >= 11 is 0. The maximum atomic E-state index is 12.1. The van der Waals surface area contributed by atoms with Crippen molar-refractivity contribution in [3.63, 3.8) is 0 Å². The molecule has 1 aliphatic heterocycles. The molecule has 8 nitrogen and oxygen atoms in total. The van der Waals surface area contributed by atoms with E-state index < -0.39 is 0 Å². The van der Waals surface area contributed by atoms with Gasteiger partial charge in [0.25, 0.3) is 0 Å². The molecule has 1 atom stereocenters. The maximum absolute atomic E-state index is 12.1. The third kappa shape index (κ3) is 14.4. The van der Waals surface area contributed by atoms with Crippen molar-refractivity contribution in [2.75, 3.05) is 72.7 Å². The normalized spacial score (nSPS) is 23.6. The molecule has 1 unspecified atom stereocenters. The Morgan fingerprint density at radius 3 is 1.65 bits per heavy atom. The van der Waals surface area contributed by atoms with E-state index in [0.29, 0.717) is 72.7 Å². The maximum Gasteiger partial charge on any atom is 0.223 e. The van der Waals surface area contributed by atoms with Crippen LogP contribution in [0.5, 0.6) is 0 Å². The van der Waals surface area contributed by atoms with Crippen LogP contribution in [0.1, 0.15) is 27.2 Å². The Labute approximate surface area is 156 Å². The van der Waals surface area contributed by atoms with Crippen LogP contribution in [0.25, 0.3) is 0 Å². The molecule has 0 aromatic heterocycles. The zero-order valence-electron chi connectivity index (χ0n) is 16.4. The number of hydrogen-bond donors (Lipinski definition) is 1. The summed E-state index contributed by atoms with van der Waals surface area (Å²) in [5.41, 5.74) is -0.271. The lowest BCUT2D eigenvalue weighted by atomic mass is 10.1. The van der Waals surface area contributed by atoms with E-state index in [1.54, 1.807) is 0 Å². The van der Waals surface area contributed by atoms with E-state index in [0.717, 1.165) is 0 Å². The van der Waals surface area contributed by atoms with E-state index in [-0.39, 0.29) is 24.0 Å². The van der Waals surface area contributed by atoms with Crippen LogP contribution >= 0.6 is 0 Å². The summed E-state index contributed by atoms with van der Waals surface area (Å²) in [5.74, 6) is -0.0593. The fraction of sp³-hybridized carbons (Fsp3) is 0.944. The van der Waals surface area contributed by atoms with Crippen molar-refractivity contribution >= 4 is 5.91 Å². The van der Waals surface area contributed by atoms with Crippen LogP contribution in [0.4, 0.5) is 0 Å². The first kappa shape index (κ1) is 23.3. The molecule has 0 radical (unpaired) electrons. The predicted molar refractivity (Wildman–Crippen MR) is 96.3 cm³/mol. The fourth-order valence-corrected chi connectivity index (χ4v) is 2.21. The molecule has 154 valence electrons. The van der Waals surface area contributed by atoms with Gasteiger partial charge in [-0.05, 0) is 20.8 Å². The first-order valence-electron chi connectivity index (χ1n) is 9.29. The smallest absolute Gasteiger partial charge is 0.223 e. The van der Waals surface area contributed by atoms with Crippen LogP contribution < -0.4 is 5.32 Å². The standard InChI is InChI=1S/C18H35NO7/c1-18(2,3)19-17(20)14-16-15-25-11-10-23-7-6-21-4-5-22-8-9-24-12-13-26-16/h16H,4-15H2,1-3H3,(H,19,20). The van der Waals surface area contributed by atoms with Crippen molar-refractivity contribution in [1.82, 2.24) is 5.32 Å². The van der Waals surface area contributed by atoms with E-state index in [4.69, 9.17) is 28.4 Å². The van der Waals surface area contributed by atoms with Crippen molar-refractivity contribution in [2.24, 2.45) is 0 Å². The molecule has 0 saturated carbocycles. The van der Waals surface area contributed by atoms with Gasteiger partial charge in [0.2, 0.25) is 5.91 Å². The van der Waals surface area contributed by atoms with Gasteiger partial charge in [-0.3, -0.25) is 4.79 Å². The first-order valence-corrected chi connectivity index (χ1v) is 9.29. The number of rotatable bonds is 2. The summed E-state index contributed by atoms with van der Waals surface area (Å²) in [6.07, 6.45) is -0.0749. The van der Waals surface area contributed by atoms with Gasteiger partial charge in [0.05, 0.1) is 85.2 Å². The van der Waals surface area contributed by atoms with Crippen LogP contribution in [0.15, 0.2) is 0 Å². The molecule has 1 rings (SSSR count). The van der Waals surface area contributed by atoms with Crippen LogP contribution in [-0.2, 0) is 33.2 Å². The van der Waals surface area contributed by atoms with Crippen LogP contribution in [-0.4, -0.2) is 90.2 Å². The average Bonchev–Trinajstić information content (AvgIpc) is 2.54. The molecule has 1 N–H and O–H groups in total. The van der Waals surface area contributed by atoms with Gasteiger partial charge in [0, 0.05) is 5.54 Å². The number of hydrogen-bond acceptors (Lipinski definition) is 7. The van der Waals surface area contributed by atoms with Crippen molar-refractivity contribution < 1.29 is 33.2 Å². The molecule has 1 heterocycles. The van der Waals surface area contributed by atoms with E-state index in [9.17, 15) is 4.79 Å². The SMILES string of the molecule is CC(C)(C)NC(=O)CC1COCCOCCOCCOCCOCCO1. The lowest BCUT2D eigenvalue weighted by Crippen LogP contribution is -2.42. The molecule has 0 aromatic carbocycles. The van der Waals surface area contributed by atoms with E-state index in [1.165, 1.54) is 0 Å². The summed E-state index contributed by atoms with van der Waals surface area (Å²) in [7, 11) is 0. The van der Waals surface area contributed by atoms with Crippen molar-refractivity contribution in [1.29, 1.82) is 0 Å². The van der Waals surface area contributed by atoms with Gasteiger partial charge in [-0.25, -0.2) is 0 Å². The van der Waals surface area contributed by atoms with Crippen molar-refractivity contribution in [3.8, 4) is 0 Å². The fourth-order valence-electron chi connectivity index (χ4n) is 2.21. The molecule has 0 bridgehead atoms. The molecule has 1 amide bonds. The largest absolute Gasteiger partial charge is 0.377 e.